The molecule has 0 fully saturated rings. The van der Waals surface area contributed by atoms with Crippen LogP contribution in [0.5, 0.6) is 0 Å². The van der Waals surface area contributed by atoms with Gasteiger partial charge in [0.1, 0.15) is 17.3 Å². The summed E-state index contributed by atoms with van der Waals surface area (Å²) in [4.78, 5) is 34.2. The van der Waals surface area contributed by atoms with Crippen LogP contribution in [-0.4, -0.2) is 37.0 Å². The molecule has 6 rings (SSSR count). The number of halogens is 3. The summed E-state index contributed by atoms with van der Waals surface area (Å²) in [6, 6.07) is 12.4. The summed E-state index contributed by atoms with van der Waals surface area (Å²) in [6.45, 7) is 3.32. The number of alkyl halides is 3. The Morgan fingerprint density at radius 3 is 2.65 bits per heavy atom. The topological polar surface area (TPSA) is 110 Å². The number of aromatic nitrogens is 5. The van der Waals surface area contributed by atoms with Gasteiger partial charge in [0.25, 0.3) is 11.5 Å². The molecule has 1 amide bonds. The van der Waals surface area contributed by atoms with Crippen molar-refractivity contribution in [2.24, 2.45) is 4.99 Å². The van der Waals surface area contributed by atoms with Gasteiger partial charge >= 0.3 is 6.18 Å². The molecule has 200 valence electrons. The number of fused-ring (bicyclic) bond motifs is 3. The lowest BCUT2D eigenvalue weighted by Gasteiger charge is -2.19. The molecule has 2 N–H and O–H groups in total. The van der Waals surface area contributed by atoms with E-state index in [1.54, 1.807) is 42.9 Å². The number of amides is 1. The summed E-state index contributed by atoms with van der Waals surface area (Å²) in [6.07, 6.45) is 1.41. The lowest BCUT2D eigenvalue weighted by molar-refractivity contribution is -0.137. The normalized spacial score (nSPS) is 13.2. The molecule has 1 aromatic carbocycles. The highest BCUT2D eigenvalue weighted by molar-refractivity contribution is 6.03. The van der Waals surface area contributed by atoms with Gasteiger partial charge < -0.3 is 15.2 Å². The molecule has 3 aliphatic rings. The first-order valence-electron chi connectivity index (χ1n) is 12.3. The number of carbonyl (C=O) groups excluding carboxylic acids is 1. The summed E-state index contributed by atoms with van der Waals surface area (Å²) in [5, 5.41) is 6.09. The highest BCUT2D eigenvalue weighted by Gasteiger charge is 2.31. The number of aryl methyl sites for hydroxylation is 1. The monoisotopic (exact) mass is 542 g/mol. The number of hydrogen-bond acceptors (Lipinski definition) is 7. The Balaban J connectivity index is 1.37. The molecule has 0 unspecified atom stereocenters. The molecule has 0 spiro atoms. The second-order valence-electron chi connectivity index (χ2n) is 9.16. The third-order valence-corrected chi connectivity index (χ3v) is 6.49. The largest absolute Gasteiger partial charge is 0.416 e. The van der Waals surface area contributed by atoms with Crippen LogP contribution < -0.4 is 16.3 Å². The van der Waals surface area contributed by atoms with Crippen LogP contribution in [0.15, 0.2) is 78.3 Å². The van der Waals surface area contributed by atoms with Gasteiger partial charge in [0.2, 0.25) is 0 Å². The Morgan fingerprint density at radius 2 is 1.85 bits per heavy atom. The molecular weight excluding hydrogens is 521 g/mol. The fourth-order valence-electron chi connectivity index (χ4n) is 4.57. The lowest BCUT2D eigenvalue weighted by Crippen LogP contribution is -2.17. The number of benzene rings is 1. The van der Waals surface area contributed by atoms with Crippen molar-refractivity contribution in [2.45, 2.75) is 19.6 Å². The summed E-state index contributed by atoms with van der Waals surface area (Å²) in [5.41, 5.74) is 3.63. The molecule has 40 heavy (non-hydrogen) atoms. The van der Waals surface area contributed by atoms with Crippen LogP contribution in [-0.2, 0) is 12.7 Å². The molecule has 0 radical (unpaired) electrons. The van der Waals surface area contributed by atoms with Crippen molar-refractivity contribution in [1.82, 2.24) is 24.5 Å². The zero-order chi connectivity index (χ0) is 27.9. The zero-order valence-electron chi connectivity index (χ0n) is 21.1. The summed E-state index contributed by atoms with van der Waals surface area (Å²) in [7, 11) is 0. The van der Waals surface area contributed by atoms with Crippen LogP contribution in [0.4, 0.5) is 30.4 Å². The van der Waals surface area contributed by atoms with Crippen molar-refractivity contribution in [1.29, 1.82) is 0 Å². The Hall–Kier alpha value is -5.13. The van der Waals surface area contributed by atoms with Crippen molar-refractivity contribution >= 4 is 23.1 Å². The molecule has 3 aliphatic heterocycles. The number of carbonyl (C=O) groups is 1. The van der Waals surface area contributed by atoms with E-state index >= 15 is 0 Å². The van der Waals surface area contributed by atoms with Gasteiger partial charge in [-0.15, -0.1) is 0 Å². The molecule has 5 heterocycles. The molecule has 0 atom stereocenters. The predicted octanol–water partition coefficient (Wildman–Crippen LogP) is 5.08. The average Bonchev–Trinajstić information content (AvgIpc) is 3.45. The van der Waals surface area contributed by atoms with E-state index in [0.717, 1.165) is 52.2 Å². The number of pyridine rings is 3. The first-order valence-corrected chi connectivity index (χ1v) is 12.3. The number of hydrogen-bond donors (Lipinski definition) is 2. The van der Waals surface area contributed by atoms with Crippen LogP contribution in [0.25, 0.3) is 22.5 Å². The lowest BCUT2D eigenvalue weighted by atomic mass is 9.98. The van der Waals surface area contributed by atoms with Crippen LogP contribution in [0, 0.1) is 6.92 Å². The standard InChI is InChI=1S/C28H21F3N8O/c1-16-2-3-20(36-26(40)23-13-18(4-9-33-23)28(29,30)31)14-21(16)22-12-17-15-35-27(37-19-5-7-32-8-6-19)38-24(17)39-11-10-34-25(22)39/h2-9,12-15,34H,10-11H2,1H3,(H,36,40). The first kappa shape index (κ1) is 25.2. The molecule has 2 aromatic heterocycles. The summed E-state index contributed by atoms with van der Waals surface area (Å²) < 4.78 is 41.4. The Morgan fingerprint density at radius 1 is 1.02 bits per heavy atom. The smallest absolute Gasteiger partial charge is 0.369 e. The number of nitrogens with zero attached hydrogens (tertiary/aromatic N) is 6. The summed E-state index contributed by atoms with van der Waals surface area (Å²) >= 11 is 0. The maximum atomic E-state index is 13.1. The minimum Gasteiger partial charge on any atom is -0.369 e. The highest BCUT2D eigenvalue weighted by Crippen LogP contribution is 2.39. The summed E-state index contributed by atoms with van der Waals surface area (Å²) in [5.74, 6) is 0.840. The van der Waals surface area contributed by atoms with Crippen LogP contribution >= 0.6 is 0 Å². The van der Waals surface area contributed by atoms with Gasteiger partial charge in [0, 0.05) is 54.7 Å². The van der Waals surface area contributed by atoms with E-state index in [0.29, 0.717) is 30.1 Å². The van der Waals surface area contributed by atoms with Gasteiger partial charge in [-0.3, -0.25) is 14.8 Å². The zero-order valence-corrected chi connectivity index (χ0v) is 21.1. The molecule has 12 heteroatoms. The number of rotatable bonds is 4. The van der Waals surface area contributed by atoms with E-state index in [9.17, 15) is 18.0 Å². The maximum absolute atomic E-state index is 13.1. The highest BCUT2D eigenvalue weighted by atomic mass is 19.4. The molecule has 9 nitrogen and oxygen atoms in total. The van der Waals surface area contributed by atoms with Crippen LogP contribution in [0.3, 0.4) is 0 Å². The quantitative estimate of drug-likeness (QED) is 0.328. The van der Waals surface area contributed by atoms with Crippen molar-refractivity contribution in [3.8, 4) is 22.5 Å². The predicted molar refractivity (Wildman–Crippen MR) is 142 cm³/mol. The van der Waals surface area contributed by atoms with E-state index in [4.69, 9.17) is 4.98 Å². The number of anilines is 2. The second-order valence-corrected chi connectivity index (χ2v) is 9.16. The van der Waals surface area contributed by atoms with E-state index in [1.807, 2.05) is 19.1 Å². The van der Waals surface area contributed by atoms with E-state index in [-0.39, 0.29) is 5.69 Å². The van der Waals surface area contributed by atoms with Crippen LogP contribution in [0.1, 0.15) is 21.6 Å². The Labute approximate surface area is 225 Å². The fourth-order valence-corrected chi connectivity index (χ4v) is 4.57. The minimum absolute atomic E-state index is 0.328. The first-order chi connectivity index (χ1) is 19.3. The molecule has 0 saturated carbocycles. The molecule has 0 saturated heterocycles. The number of nitrogens with one attached hydrogen (secondary N) is 2. The van der Waals surface area contributed by atoms with Crippen molar-refractivity contribution in [3.05, 3.63) is 95.8 Å². The van der Waals surface area contributed by atoms with E-state index in [1.165, 1.54) is 0 Å². The third kappa shape index (κ3) is 4.86. The van der Waals surface area contributed by atoms with E-state index in [2.05, 4.69) is 35.1 Å². The van der Waals surface area contributed by atoms with Crippen molar-refractivity contribution in [2.75, 3.05) is 17.2 Å². The molecular formula is C28H21F3N8O. The maximum Gasteiger partial charge on any atom is 0.416 e. The van der Waals surface area contributed by atoms with Crippen LogP contribution in [0.2, 0.25) is 0 Å². The van der Waals surface area contributed by atoms with Gasteiger partial charge in [-0.25, -0.2) is 9.98 Å². The van der Waals surface area contributed by atoms with Crippen molar-refractivity contribution < 1.29 is 18.0 Å². The van der Waals surface area contributed by atoms with Gasteiger partial charge in [-0.2, -0.15) is 18.2 Å². The van der Waals surface area contributed by atoms with Gasteiger partial charge in [0.05, 0.1) is 11.3 Å². The Bertz CT molecular complexity index is 1780. The second kappa shape index (κ2) is 9.88. The van der Waals surface area contributed by atoms with Gasteiger partial charge in [-0.05, 0) is 60.5 Å². The molecule has 0 aliphatic carbocycles. The Kier molecular flexibility index (Phi) is 6.21. The average molecular weight is 543 g/mol. The third-order valence-electron chi connectivity index (χ3n) is 6.49. The minimum atomic E-state index is -4.58. The van der Waals surface area contributed by atoms with E-state index < -0.39 is 17.6 Å². The van der Waals surface area contributed by atoms with Gasteiger partial charge in [0.15, 0.2) is 0 Å². The molecule has 0 bridgehead atoms. The van der Waals surface area contributed by atoms with Gasteiger partial charge in [-0.1, -0.05) is 6.07 Å². The fraction of sp³-hybridized carbons (Fsp3) is 0.143. The SMILES string of the molecule is Cc1ccc(NC(=O)c2cc(C(F)(F)F)ccn2)cc1-c1cc2cnc(=Nc3ccncc3)nc-2n2c1NCC2. The van der Waals surface area contributed by atoms with Crippen molar-refractivity contribution in [3.63, 3.8) is 0 Å². The molecule has 3 aromatic rings.